The molecule has 0 unspecified atom stereocenters. The highest BCUT2D eigenvalue weighted by Gasteiger charge is 2.27. The first-order chi connectivity index (χ1) is 6.75. The molecule has 0 radical (unpaired) electrons. The zero-order valence-corrected chi connectivity index (χ0v) is 9.13. The number of piperazine rings is 1. The molecule has 0 aromatic carbocycles. The van der Waals surface area contributed by atoms with Gasteiger partial charge in [-0.25, -0.2) is 0 Å². The van der Waals surface area contributed by atoms with Crippen LogP contribution in [0.25, 0.3) is 0 Å². The summed E-state index contributed by atoms with van der Waals surface area (Å²) >= 11 is 0. The number of likely N-dealkylation sites (tertiary alicyclic amines) is 1. The Morgan fingerprint density at radius 1 is 1.36 bits per heavy atom. The van der Waals surface area contributed by atoms with E-state index in [1.807, 2.05) is 0 Å². The number of nitrogens with one attached hydrogen (secondary N) is 1. The number of rotatable bonds is 3. The molecule has 2 rings (SSSR count). The van der Waals surface area contributed by atoms with E-state index in [1.165, 1.54) is 38.4 Å². The van der Waals surface area contributed by atoms with E-state index in [0.717, 1.165) is 19.0 Å². The second-order valence-electron chi connectivity index (χ2n) is 4.56. The second-order valence-corrected chi connectivity index (χ2v) is 4.56. The van der Waals surface area contributed by atoms with E-state index < -0.39 is 0 Å². The molecule has 1 N–H and O–H groups in total. The first kappa shape index (κ1) is 9.99. The molecule has 2 heterocycles. The van der Waals surface area contributed by atoms with E-state index in [9.17, 15) is 0 Å². The van der Waals surface area contributed by atoms with Crippen LogP contribution in [-0.4, -0.2) is 55.6 Å². The summed E-state index contributed by atoms with van der Waals surface area (Å²) < 4.78 is 0. The summed E-state index contributed by atoms with van der Waals surface area (Å²) in [5.74, 6) is 0.879. The molecule has 0 saturated carbocycles. The highest BCUT2D eigenvalue weighted by Crippen LogP contribution is 2.20. The minimum absolute atomic E-state index is 0.879. The molecule has 2 saturated heterocycles. The largest absolute Gasteiger partial charge is 0.375 e. The van der Waals surface area contributed by atoms with Gasteiger partial charge in [0.25, 0.3) is 0 Å². The van der Waals surface area contributed by atoms with E-state index in [0.29, 0.717) is 0 Å². The highest BCUT2D eigenvalue weighted by atomic mass is 15.2. The molecule has 0 bridgehead atoms. The van der Waals surface area contributed by atoms with Crippen molar-refractivity contribution in [3.05, 3.63) is 12.3 Å². The lowest BCUT2D eigenvalue weighted by Gasteiger charge is -2.44. The zero-order valence-electron chi connectivity index (χ0n) is 9.13. The van der Waals surface area contributed by atoms with Gasteiger partial charge in [0.15, 0.2) is 0 Å². The van der Waals surface area contributed by atoms with Gasteiger partial charge in [0.1, 0.15) is 0 Å². The van der Waals surface area contributed by atoms with Gasteiger partial charge in [-0.1, -0.05) is 6.58 Å². The molecule has 3 nitrogen and oxygen atoms in total. The fourth-order valence-electron chi connectivity index (χ4n) is 2.26. The van der Waals surface area contributed by atoms with Gasteiger partial charge in [-0.15, -0.1) is 0 Å². The Bertz CT molecular complexity index is 203. The topological polar surface area (TPSA) is 18.5 Å². The molecule has 0 aliphatic carbocycles. The molecular formula is C11H21N3. The lowest BCUT2D eigenvalue weighted by molar-refractivity contribution is 0.0918. The van der Waals surface area contributed by atoms with Crippen LogP contribution in [-0.2, 0) is 0 Å². The molecule has 3 heteroatoms. The molecule has 0 aromatic rings. The van der Waals surface area contributed by atoms with Gasteiger partial charge in [-0.05, 0) is 6.92 Å². The van der Waals surface area contributed by atoms with Gasteiger partial charge in [-0.2, -0.15) is 0 Å². The highest BCUT2D eigenvalue weighted by molar-refractivity contribution is 4.97. The van der Waals surface area contributed by atoms with Gasteiger partial charge in [-0.3, -0.25) is 0 Å². The Hall–Kier alpha value is -0.540. The van der Waals surface area contributed by atoms with E-state index in [4.69, 9.17) is 0 Å². The fourth-order valence-corrected chi connectivity index (χ4v) is 2.26. The Morgan fingerprint density at radius 2 is 2.00 bits per heavy atom. The standard InChI is InChI=1S/C11H21N3/c1-10(2)14-8-11(9-14)7-13-5-3-12-4-6-13/h11-12H,1,3-9H2,2H3. The lowest BCUT2D eigenvalue weighted by atomic mass is 9.98. The monoisotopic (exact) mass is 195 g/mol. The zero-order chi connectivity index (χ0) is 9.97. The van der Waals surface area contributed by atoms with E-state index in [2.05, 4.69) is 28.6 Å². The second kappa shape index (κ2) is 4.32. The van der Waals surface area contributed by atoms with Crippen LogP contribution in [0.1, 0.15) is 6.92 Å². The number of allylic oxidation sites excluding steroid dienone is 1. The molecule has 0 spiro atoms. The Morgan fingerprint density at radius 3 is 2.57 bits per heavy atom. The molecule has 80 valence electrons. The van der Waals surface area contributed by atoms with Crippen LogP contribution in [0, 0.1) is 5.92 Å². The summed E-state index contributed by atoms with van der Waals surface area (Å²) in [6.45, 7) is 14.6. The molecule has 0 aromatic heterocycles. The first-order valence-corrected chi connectivity index (χ1v) is 5.59. The third kappa shape index (κ3) is 2.28. The van der Waals surface area contributed by atoms with E-state index >= 15 is 0 Å². The number of hydrogen-bond acceptors (Lipinski definition) is 3. The van der Waals surface area contributed by atoms with Gasteiger partial charge >= 0.3 is 0 Å². The molecule has 0 atom stereocenters. The van der Waals surface area contributed by atoms with Crippen molar-refractivity contribution in [3.8, 4) is 0 Å². The van der Waals surface area contributed by atoms with Crippen molar-refractivity contribution in [2.24, 2.45) is 5.92 Å². The van der Waals surface area contributed by atoms with Crippen LogP contribution in [0.4, 0.5) is 0 Å². The quantitative estimate of drug-likeness (QED) is 0.701. The normalized spacial score (nSPS) is 24.8. The molecule has 2 fully saturated rings. The van der Waals surface area contributed by atoms with Crippen LogP contribution < -0.4 is 5.32 Å². The van der Waals surface area contributed by atoms with Crippen molar-refractivity contribution in [3.63, 3.8) is 0 Å². The Labute approximate surface area is 86.8 Å². The van der Waals surface area contributed by atoms with E-state index in [-0.39, 0.29) is 0 Å². The minimum Gasteiger partial charge on any atom is -0.375 e. The summed E-state index contributed by atoms with van der Waals surface area (Å²) in [7, 11) is 0. The summed E-state index contributed by atoms with van der Waals surface area (Å²) in [5.41, 5.74) is 1.22. The van der Waals surface area contributed by atoms with Gasteiger partial charge in [0.2, 0.25) is 0 Å². The van der Waals surface area contributed by atoms with Crippen molar-refractivity contribution in [1.82, 2.24) is 15.1 Å². The molecular weight excluding hydrogens is 174 g/mol. The average molecular weight is 195 g/mol. The van der Waals surface area contributed by atoms with Crippen LogP contribution in [0.2, 0.25) is 0 Å². The minimum atomic E-state index is 0.879. The third-order valence-electron chi connectivity index (χ3n) is 3.22. The average Bonchev–Trinajstić information content (AvgIpc) is 2.12. The smallest absolute Gasteiger partial charge is 0.0232 e. The SMILES string of the molecule is C=C(C)N1CC(CN2CCNCC2)C1. The maximum atomic E-state index is 3.96. The van der Waals surface area contributed by atoms with Crippen LogP contribution in [0.15, 0.2) is 12.3 Å². The summed E-state index contributed by atoms with van der Waals surface area (Å²) in [6.07, 6.45) is 0. The number of hydrogen-bond donors (Lipinski definition) is 1. The summed E-state index contributed by atoms with van der Waals surface area (Å²) in [6, 6.07) is 0. The van der Waals surface area contributed by atoms with Crippen molar-refractivity contribution < 1.29 is 0 Å². The lowest BCUT2D eigenvalue weighted by Crippen LogP contribution is -2.53. The van der Waals surface area contributed by atoms with Crippen molar-refractivity contribution >= 4 is 0 Å². The van der Waals surface area contributed by atoms with Crippen molar-refractivity contribution in [2.75, 3.05) is 45.8 Å². The van der Waals surface area contributed by atoms with Gasteiger partial charge < -0.3 is 15.1 Å². The molecule has 2 aliphatic heterocycles. The maximum Gasteiger partial charge on any atom is 0.0232 e. The van der Waals surface area contributed by atoms with Gasteiger partial charge in [0.05, 0.1) is 0 Å². The number of nitrogens with zero attached hydrogens (tertiary/aromatic N) is 2. The van der Waals surface area contributed by atoms with E-state index in [1.54, 1.807) is 0 Å². The summed E-state index contributed by atoms with van der Waals surface area (Å²) in [4.78, 5) is 4.95. The Kier molecular flexibility index (Phi) is 3.08. The Balaban J connectivity index is 1.65. The third-order valence-corrected chi connectivity index (χ3v) is 3.22. The predicted molar refractivity (Wildman–Crippen MR) is 59.2 cm³/mol. The maximum absolute atomic E-state index is 3.96. The predicted octanol–water partition coefficient (Wildman–Crippen LogP) is 0.357. The molecule has 0 amide bonds. The molecule has 14 heavy (non-hydrogen) atoms. The van der Waals surface area contributed by atoms with Crippen LogP contribution in [0.3, 0.4) is 0 Å². The van der Waals surface area contributed by atoms with Crippen LogP contribution in [0.5, 0.6) is 0 Å². The first-order valence-electron chi connectivity index (χ1n) is 5.59. The van der Waals surface area contributed by atoms with Gasteiger partial charge in [0, 0.05) is 57.4 Å². The van der Waals surface area contributed by atoms with Crippen molar-refractivity contribution in [2.45, 2.75) is 6.92 Å². The molecule has 2 aliphatic rings. The summed E-state index contributed by atoms with van der Waals surface area (Å²) in [5, 5.41) is 3.38. The fraction of sp³-hybridized carbons (Fsp3) is 0.818. The van der Waals surface area contributed by atoms with Crippen molar-refractivity contribution in [1.29, 1.82) is 0 Å². The van der Waals surface area contributed by atoms with Crippen LogP contribution >= 0.6 is 0 Å².